The zero-order valence-electron chi connectivity index (χ0n) is 8.32. The molecule has 1 aromatic heterocycles. The number of nitrogens with zero attached hydrogens (tertiary/aromatic N) is 1. The quantitative estimate of drug-likeness (QED) is 0.683. The van der Waals surface area contributed by atoms with Crippen LogP contribution in [-0.4, -0.2) is 10.8 Å². The van der Waals surface area contributed by atoms with Gasteiger partial charge >= 0.3 is 0 Å². The number of rotatable bonds is 1. The summed E-state index contributed by atoms with van der Waals surface area (Å²) in [5.41, 5.74) is 1.18. The summed E-state index contributed by atoms with van der Waals surface area (Å²) in [7, 11) is 0. The van der Waals surface area contributed by atoms with Crippen molar-refractivity contribution in [3.63, 3.8) is 0 Å². The van der Waals surface area contributed by atoms with Crippen molar-refractivity contribution < 1.29 is 4.79 Å². The second-order valence-electron chi connectivity index (χ2n) is 4.54. The van der Waals surface area contributed by atoms with Crippen molar-refractivity contribution in [2.45, 2.75) is 25.2 Å². The van der Waals surface area contributed by atoms with Gasteiger partial charge in [-0.2, -0.15) is 0 Å². The van der Waals surface area contributed by atoms with Gasteiger partial charge in [-0.1, -0.05) is 17.7 Å². The molecule has 15 heavy (non-hydrogen) atoms. The van der Waals surface area contributed by atoms with Crippen molar-refractivity contribution in [2.24, 2.45) is 11.8 Å². The standard InChI is InChI=1S/C12H12ClNO/c13-11-4-2-8(6-14-11)10-5-7-1-3-9(10)12(7)15/h2,4,6-7,9-10H,1,3,5H2. The summed E-state index contributed by atoms with van der Waals surface area (Å²) in [6, 6.07) is 3.82. The minimum atomic E-state index is 0.262. The predicted molar refractivity (Wildman–Crippen MR) is 57.8 cm³/mol. The van der Waals surface area contributed by atoms with Crippen LogP contribution in [-0.2, 0) is 4.79 Å². The molecule has 1 aromatic rings. The van der Waals surface area contributed by atoms with Crippen molar-refractivity contribution in [1.29, 1.82) is 0 Å². The molecule has 0 aromatic carbocycles. The Labute approximate surface area is 93.7 Å². The highest BCUT2D eigenvalue weighted by molar-refractivity contribution is 6.29. The zero-order valence-corrected chi connectivity index (χ0v) is 9.07. The molecule has 2 fully saturated rings. The number of fused-ring (bicyclic) bond motifs is 2. The molecule has 2 aliphatic carbocycles. The summed E-state index contributed by atoms with van der Waals surface area (Å²) >= 11 is 5.75. The van der Waals surface area contributed by atoms with Gasteiger partial charge in [0, 0.05) is 18.0 Å². The normalized spacial score (nSPS) is 33.7. The van der Waals surface area contributed by atoms with Crippen LogP contribution < -0.4 is 0 Å². The lowest BCUT2D eigenvalue weighted by molar-refractivity contribution is -0.121. The van der Waals surface area contributed by atoms with Gasteiger partial charge in [-0.05, 0) is 36.8 Å². The fraction of sp³-hybridized carbons (Fsp3) is 0.500. The summed E-state index contributed by atoms with van der Waals surface area (Å²) < 4.78 is 0. The van der Waals surface area contributed by atoms with Crippen LogP contribution >= 0.6 is 11.6 Å². The van der Waals surface area contributed by atoms with Gasteiger partial charge in [0.15, 0.2) is 0 Å². The number of ketones is 1. The minimum absolute atomic E-state index is 0.262. The van der Waals surface area contributed by atoms with Gasteiger partial charge < -0.3 is 0 Å². The van der Waals surface area contributed by atoms with Crippen LogP contribution in [0.3, 0.4) is 0 Å². The third-order valence-electron chi connectivity index (χ3n) is 3.80. The lowest BCUT2D eigenvalue weighted by Gasteiger charge is -2.19. The molecule has 2 bridgehead atoms. The Balaban J connectivity index is 1.90. The fourth-order valence-electron chi connectivity index (χ4n) is 3.05. The smallest absolute Gasteiger partial charge is 0.139 e. The summed E-state index contributed by atoms with van der Waals surface area (Å²) in [6.45, 7) is 0. The van der Waals surface area contributed by atoms with E-state index in [4.69, 9.17) is 11.6 Å². The molecule has 0 aliphatic heterocycles. The first-order valence-corrected chi connectivity index (χ1v) is 5.78. The van der Waals surface area contributed by atoms with E-state index in [1.165, 1.54) is 5.56 Å². The summed E-state index contributed by atoms with van der Waals surface area (Å²) in [5.74, 6) is 1.48. The van der Waals surface area contributed by atoms with E-state index in [-0.39, 0.29) is 5.92 Å². The molecule has 0 spiro atoms. The molecule has 2 nitrogen and oxygen atoms in total. The minimum Gasteiger partial charge on any atom is -0.299 e. The zero-order chi connectivity index (χ0) is 10.4. The van der Waals surface area contributed by atoms with Crippen molar-refractivity contribution in [1.82, 2.24) is 4.98 Å². The van der Waals surface area contributed by atoms with Gasteiger partial charge in [-0.15, -0.1) is 0 Å². The molecular weight excluding hydrogens is 210 g/mol. The lowest BCUT2D eigenvalue weighted by atomic mass is 9.84. The number of hydrogen-bond donors (Lipinski definition) is 0. The van der Waals surface area contributed by atoms with E-state index in [0.29, 0.717) is 22.8 Å². The van der Waals surface area contributed by atoms with Crippen LogP contribution in [0.5, 0.6) is 0 Å². The average Bonchev–Trinajstić information content (AvgIpc) is 2.75. The van der Waals surface area contributed by atoms with Gasteiger partial charge in [0.1, 0.15) is 10.9 Å². The van der Waals surface area contributed by atoms with Crippen LogP contribution in [0.4, 0.5) is 0 Å². The fourth-order valence-corrected chi connectivity index (χ4v) is 3.16. The number of pyridine rings is 1. The molecule has 0 amide bonds. The van der Waals surface area contributed by atoms with E-state index in [0.717, 1.165) is 19.3 Å². The average molecular weight is 222 g/mol. The van der Waals surface area contributed by atoms with Crippen LogP contribution in [0, 0.1) is 11.8 Å². The van der Waals surface area contributed by atoms with Gasteiger partial charge in [-0.25, -0.2) is 4.98 Å². The number of carbonyl (C=O) groups excluding carboxylic acids is 1. The maximum atomic E-state index is 11.8. The van der Waals surface area contributed by atoms with Crippen molar-refractivity contribution in [3.8, 4) is 0 Å². The molecule has 1 heterocycles. The Hall–Kier alpha value is -0.890. The monoisotopic (exact) mass is 221 g/mol. The number of Topliss-reactive ketones (excluding diaryl/α,β-unsaturated/α-hetero) is 1. The Morgan fingerprint density at radius 1 is 1.27 bits per heavy atom. The Morgan fingerprint density at radius 3 is 2.67 bits per heavy atom. The van der Waals surface area contributed by atoms with E-state index in [2.05, 4.69) is 4.98 Å². The van der Waals surface area contributed by atoms with E-state index in [1.54, 1.807) is 0 Å². The van der Waals surface area contributed by atoms with E-state index >= 15 is 0 Å². The van der Waals surface area contributed by atoms with E-state index in [1.807, 2.05) is 18.3 Å². The molecule has 3 heteroatoms. The Morgan fingerprint density at radius 2 is 2.13 bits per heavy atom. The van der Waals surface area contributed by atoms with Gasteiger partial charge in [0.25, 0.3) is 0 Å². The number of halogens is 1. The van der Waals surface area contributed by atoms with Crippen LogP contribution in [0.1, 0.15) is 30.7 Å². The van der Waals surface area contributed by atoms with Gasteiger partial charge in [0.2, 0.25) is 0 Å². The van der Waals surface area contributed by atoms with Gasteiger partial charge in [0.05, 0.1) is 0 Å². The van der Waals surface area contributed by atoms with Crippen molar-refractivity contribution in [2.75, 3.05) is 0 Å². The van der Waals surface area contributed by atoms with Crippen LogP contribution in [0.2, 0.25) is 5.15 Å². The Bertz CT molecular complexity index is 401. The maximum Gasteiger partial charge on any atom is 0.139 e. The lowest BCUT2D eigenvalue weighted by Crippen LogP contribution is -2.10. The van der Waals surface area contributed by atoms with Crippen molar-refractivity contribution >= 4 is 17.4 Å². The SMILES string of the molecule is O=C1C2CCC1C(c1ccc(Cl)nc1)C2. The third-order valence-corrected chi connectivity index (χ3v) is 4.02. The van der Waals surface area contributed by atoms with E-state index < -0.39 is 0 Å². The molecule has 3 rings (SSSR count). The number of hydrogen-bond acceptors (Lipinski definition) is 2. The molecule has 2 aliphatic rings. The van der Waals surface area contributed by atoms with E-state index in [9.17, 15) is 4.79 Å². The molecule has 0 N–H and O–H groups in total. The molecule has 3 atom stereocenters. The topological polar surface area (TPSA) is 30.0 Å². The predicted octanol–water partition coefficient (Wildman–Crippen LogP) is 2.82. The summed E-state index contributed by atoms with van der Waals surface area (Å²) in [4.78, 5) is 15.9. The first-order chi connectivity index (χ1) is 7.25. The first kappa shape index (κ1) is 9.34. The summed E-state index contributed by atoms with van der Waals surface area (Å²) in [5, 5.41) is 0.522. The summed E-state index contributed by atoms with van der Waals surface area (Å²) in [6.07, 6.45) is 5.01. The highest BCUT2D eigenvalue weighted by Crippen LogP contribution is 2.50. The molecule has 2 saturated carbocycles. The molecular formula is C12H12ClNO. The van der Waals surface area contributed by atoms with Crippen LogP contribution in [0.25, 0.3) is 0 Å². The molecule has 0 saturated heterocycles. The Kier molecular flexibility index (Phi) is 2.06. The largest absolute Gasteiger partial charge is 0.299 e. The third kappa shape index (κ3) is 1.39. The molecule has 78 valence electrons. The number of carbonyl (C=O) groups is 1. The molecule has 0 radical (unpaired) electrons. The maximum absolute atomic E-state index is 11.8. The van der Waals surface area contributed by atoms with Crippen LogP contribution in [0.15, 0.2) is 18.3 Å². The second kappa shape index (κ2) is 3.31. The highest BCUT2D eigenvalue weighted by Gasteiger charge is 2.47. The molecule has 3 unspecified atom stereocenters. The number of aromatic nitrogens is 1. The van der Waals surface area contributed by atoms with Gasteiger partial charge in [-0.3, -0.25) is 4.79 Å². The first-order valence-electron chi connectivity index (χ1n) is 5.41. The highest BCUT2D eigenvalue weighted by atomic mass is 35.5. The second-order valence-corrected chi connectivity index (χ2v) is 4.93. The van der Waals surface area contributed by atoms with Crippen molar-refractivity contribution in [3.05, 3.63) is 29.0 Å².